The van der Waals surface area contributed by atoms with Gasteiger partial charge in [-0.15, -0.1) is 0 Å². The summed E-state index contributed by atoms with van der Waals surface area (Å²) in [5, 5.41) is 21.8. The van der Waals surface area contributed by atoms with Crippen molar-refractivity contribution in [2.24, 2.45) is 23.3 Å². The molecular weight excluding hydrogens is 792 g/mol. The topological polar surface area (TPSA) is 220 Å². The number of carboxylic acid groups (broad SMARTS) is 2. The second-order valence-electron chi connectivity index (χ2n) is 8.76. The van der Waals surface area contributed by atoms with Crippen LogP contribution < -0.4 is 21.7 Å². The van der Waals surface area contributed by atoms with E-state index in [2.05, 4.69) is 0 Å². The number of likely N-dealkylation sites (N-methyl/N-ethyl adjacent to an activating group) is 1. The summed E-state index contributed by atoms with van der Waals surface area (Å²) < 4.78 is 0. The van der Waals surface area contributed by atoms with Crippen molar-refractivity contribution in [3.05, 3.63) is 12.3 Å². The minimum atomic E-state index is -2.31. The first-order valence-electron chi connectivity index (χ1n) is 10.8. The minimum absolute atomic E-state index is 0. The van der Waals surface area contributed by atoms with E-state index in [0.717, 1.165) is 7.05 Å². The van der Waals surface area contributed by atoms with E-state index in [1.165, 1.54) is 64.2 Å². The number of carbonyl (C=O) groups is 3. The van der Waals surface area contributed by atoms with Crippen LogP contribution >= 0.6 is 0 Å². The molecule has 1 amide bonds. The molecule has 0 aromatic heterocycles. The number of β-lactam (4-membered cyclic amide) rings is 1. The van der Waals surface area contributed by atoms with Crippen LogP contribution in [0.4, 0.5) is 0 Å². The van der Waals surface area contributed by atoms with Crippen LogP contribution in [0.3, 0.4) is 0 Å². The smallest absolute Gasteiger partial charge is 0.693 e. The molecule has 1 saturated heterocycles. The van der Waals surface area contributed by atoms with Gasteiger partial charge in [-0.2, -0.15) is 0 Å². The quantitative estimate of drug-likeness (QED) is 0.310. The average molecular weight is 834 g/mol. The van der Waals surface area contributed by atoms with Crippen LogP contribution in [-0.4, -0.2) is 47.4 Å². The van der Waals surface area contributed by atoms with E-state index in [1.54, 1.807) is 13.8 Å². The second-order valence-corrected chi connectivity index (χ2v) is 8.76. The molecule has 2 aliphatic carbocycles. The van der Waals surface area contributed by atoms with Gasteiger partial charge < -0.3 is 48.5 Å². The Morgan fingerprint density at radius 3 is 1.30 bits per heavy atom. The van der Waals surface area contributed by atoms with Crippen molar-refractivity contribution < 1.29 is 66.7 Å². The van der Waals surface area contributed by atoms with Crippen molar-refractivity contribution in [3.8, 4) is 0 Å². The summed E-state index contributed by atoms with van der Waals surface area (Å²) in [7, 11) is 1.12. The summed E-state index contributed by atoms with van der Waals surface area (Å²) >= 11 is 0. The van der Waals surface area contributed by atoms with Crippen molar-refractivity contribution >= 4 is 17.8 Å². The molecule has 3 rings (SSSR count). The molecule has 12 heteroatoms. The fourth-order valence-corrected chi connectivity index (χ4v) is 4.35. The Morgan fingerprint density at radius 2 is 1.15 bits per heavy atom. The minimum Gasteiger partial charge on any atom is -0.693 e. The third-order valence-corrected chi connectivity index (χ3v) is 6.16. The molecule has 8 N–H and O–H groups in total. The Labute approximate surface area is 227 Å². The van der Waals surface area contributed by atoms with Gasteiger partial charge in [0.05, 0.1) is 17.9 Å². The van der Waals surface area contributed by atoms with Crippen molar-refractivity contribution in [1.82, 2.24) is 4.90 Å². The molecule has 2 saturated carbocycles. The number of likely N-dealkylation sites (tertiary alicyclic amines) is 1. The molecule has 0 bridgehead atoms. The number of nitrogens with two attached hydrogens (primary N) is 4. The van der Waals surface area contributed by atoms with Gasteiger partial charge in [-0.3, -0.25) is 4.79 Å². The van der Waals surface area contributed by atoms with E-state index in [9.17, 15) is 24.6 Å². The van der Waals surface area contributed by atoms with Gasteiger partial charge >= 0.3 is 42.1 Å². The Bertz CT molecular complexity index is 541. The molecule has 33 heavy (non-hydrogen) atoms. The van der Waals surface area contributed by atoms with Gasteiger partial charge in [-0.25, -0.2) is 0 Å². The second kappa shape index (κ2) is 18.9. The number of rotatable bonds is 3. The maximum absolute atomic E-state index is 11.4. The molecule has 1 unspecified atom stereocenters. The molecule has 3 aliphatic rings. The fraction of sp³-hybridized carbons (Fsp3) is 0.857. The van der Waals surface area contributed by atoms with Crippen molar-refractivity contribution in [2.45, 2.75) is 95.7 Å². The number of hydrogen-bond acceptors (Lipinski definition) is 7. The van der Waals surface area contributed by atoms with Gasteiger partial charge in [0.2, 0.25) is 5.91 Å². The van der Waals surface area contributed by atoms with E-state index >= 15 is 0 Å². The monoisotopic (exact) mass is 833 g/mol. The summed E-state index contributed by atoms with van der Waals surface area (Å²) in [6.45, 7) is 3.16. The number of amides is 1. The first kappa shape index (κ1) is 39.8. The van der Waals surface area contributed by atoms with Gasteiger partial charge in [-0.05, 0) is 31.6 Å². The molecule has 1 heterocycles. The number of carbonyl (C=O) groups excluding carboxylic acids is 3. The summed E-state index contributed by atoms with van der Waals surface area (Å²) in [5.74, 6) is -5.63. The van der Waals surface area contributed by atoms with Gasteiger partial charge in [-0.1, -0.05) is 52.4 Å². The zero-order chi connectivity index (χ0) is 22.2. The predicted octanol–water partition coefficient (Wildman–Crippen LogP) is 0.954. The van der Waals surface area contributed by atoms with Gasteiger partial charge in [0, 0.05) is 19.1 Å². The first-order valence-corrected chi connectivity index (χ1v) is 10.8. The standard InChI is InChI=1S/C9H13NO5.2C6H13N.2H2N.2Pt/c1-4(2)5-6(11)10(3)9(5,7(12)13)8(14)15;2*7-6-4-2-1-3-5-6;;;;/h4-5H,1-3H3,(H,12,13)(H,14,15);2*6H,1-5,7H2;2*1H2;;/q;;;2*-1;2*+2/p-2. The Morgan fingerprint density at radius 1 is 0.848 bits per heavy atom. The predicted molar refractivity (Wildman–Crippen MR) is 117 cm³/mol. The van der Waals surface area contributed by atoms with E-state index in [-0.39, 0.29) is 54.4 Å². The molecule has 0 aromatic carbocycles. The summed E-state index contributed by atoms with van der Waals surface area (Å²) in [4.78, 5) is 33.8. The Hall–Kier alpha value is -0.373. The van der Waals surface area contributed by atoms with Crippen LogP contribution in [0.1, 0.15) is 78.1 Å². The first-order chi connectivity index (χ1) is 13.6. The van der Waals surface area contributed by atoms with Gasteiger partial charge in [0.1, 0.15) is 5.54 Å². The van der Waals surface area contributed by atoms with Crippen LogP contribution in [0.25, 0.3) is 12.3 Å². The number of carboxylic acids is 2. The molecule has 1 aliphatic heterocycles. The molecule has 1 atom stereocenters. The van der Waals surface area contributed by atoms with Gasteiger partial charge in [0.25, 0.3) is 0 Å². The maximum Gasteiger partial charge on any atom is 2.00 e. The van der Waals surface area contributed by atoms with Crippen LogP contribution in [0, 0.1) is 11.8 Å². The van der Waals surface area contributed by atoms with E-state index in [1.807, 2.05) is 0 Å². The number of nitrogens with zero attached hydrogens (tertiary/aromatic N) is 1. The van der Waals surface area contributed by atoms with Crippen LogP contribution in [0.15, 0.2) is 0 Å². The largest absolute Gasteiger partial charge is 2.00 e. The zero-order valence-electron chi connectivity index (χ0n) is 19.8. The van der Waals surface area contributed by atoms with Crippen LogP contribution in [0.2, 0.25) is 0 Å². The average Bonchev–Trinajstić information content (AvgIpc) is 2.66. The van der Waals surface area contributed by atoms with E-state index < -0.39 is 35.2 Å². The third kappa shape index (κ3) is 10.4. The summed E-state index contributed by atoms with van der Waals surface area (Å²) in [6.07, 6.45) is 13.3. The maximum atomic E-state index is 11.4. The number of hydrogen-bond donors (Lipinski definition) is 2. The molecule has 200 valence electrons. The molecule has 3 fully saturated rings. The van der Waals surface area contributed by atoms with Crippen LogP contribution in [-0.2, 0) is 56.5 Å². The van der Waals surface area contributed by atoms with Crippen molar-refractivity contribution in [3.63, 3.8) is 0 Å². The molecule has 0 spiro atoms. The van der Waals surface area contributed by atoms with Crippen molar-refractivity contribution in [2.75, 3.05) is 7.05 Å². The Balaban J connectivity index is -0.000000199. The summed E-state index contributed by atoms with van der Waals surface area (Å²) in [5.41, 5.74) is 8.96. The van der Waals surface area contributed by atoms with Crippen LogP contribution in [0.5, 0.6) is 0 Å². The third-order valence-electron chi connectivity index (χ3n) is 6.16. The Kier molecular flexibility index (Phi) is 22.8. The summed E-state index contributed by atoms with van der Waals surface area (Å²) in [6, 6.07) is 1.07. The fourth-order valence-electron chi connectivity index (χ4n) is 4.35. The molecular formula is C21H41N5O5Pt2. The number of aliphatic carboxylic acids is 2. The van der Waals surface area contributed by atoms with E-state index in [0.29, 0.717) is 17.0 Å². The molecule has 10 nitrogen and oxygen atoms in total. The SMILES string of the molecule is CC(C)C1C(=O)N(C)C1(C(=O)[O-])C(=O)[O-].NC1CCCCC1.NC1CCCCC1.[NH2-].[NH2-].[Pt+2].[Pt+2]. The molecule has 0 aromatic rings. The van der Waals surface area contributed by atoms with Crippen molar-refractivity contribution in [1.29, 1.82) is 0 Å². The molecule has 0 radical (unpaired) electrons. The van der Waals surface area contributed by atoms with Gasteiger partial charge in [0.15, 0.2) is 0 Å². The van der Waals surface area contributed by atoms with E-state index in [4.69, 9.17) is 11.5 Å². The normalized spacial score (nSPS) is 21.6. The zero-order valence-corrected chi connectivity index (χ0v) is 24.4.